The monoisotopic (exact) mass is 582 g/mol. The second-order valence-electron chi connectivity index (χ2n) is 4.87. The molecule has 2 aromatic rings. The van der Waals surface area contributed by atoms with E-state index in [-0.39, 0.29) is 61.7 Å². The van der Waals surface area contributed by atoms with Gasteiger partial charge in [-0.3, -0.25) is 0 Å². The summed E-state index contributed by atoms with van der Waals surface area (Å²) in [6, 6.07) is 0. The van der Waals surface area contributed by atoms with Crippen molar-refractivity contribution in [3.8, 4) is 11.5 Å². The minimum atomic E-state index is -0.900. The molecule has 27 heavy (non-hydrogen) atoms. The van der Waals surface area contributed by atoms with Gasteiger partial charge in [0.1, 0.15) is 20.1 Å². The Balaban J connectivity index is 2.45. The van der Waals surface area contributed by atoms with Gasteiger partial charge in [-0.05, 0) is 5.28 Å². The molecule has 0 aliphatic heterocycles. The first kappa shape index (κ1) is 24.7. The molecule has 0 amide bonds. The van der Waals surface area contributed by atoms with Gasteiger partial charge in [0.05, 0.1) is 30.1 Å². The van der Waals surface area contributed by atoms with E-state index in [0.717, 1.165) is 0 Å². The number of rotatable bonds is 5. The van der Waals surface area contributed by atoms with E-state index in [4.69, 9.17) is 125 Å². The molecule has 2 rings (SSSR count). The van der Waals surface area contributed by atoms with Crippen molar-refractivity contribution in [1.82, 2.24) is 0 Å². The molecule has 146 valence electrons. The maximum absolute atomic E-state index is 6.17. The summed E-state index contributed by atoms with van der Waals surface area (Å²) >= 11 is 61.5. The van der Waals surface area contributed by atoms with Crippen LogP contribution in [0.1, 0.15) is 0 Å². The van der Waals surface area contributed by atoms with Gasteiger partial charge in [0.15, 0.2) is 11.5 Å². The zero-order valence-electron chi connectivity index (χ0n) is 12.9. The topological polar surface area (TPSA) is 18.5 Å². The van der Waals surface area contributed by atoms with Crippen LogP contribution in [0.2, 0.25) is 55.5 Å². The number of hydrogen-bond donors (Lipinski definition) is 0. The molecule has 0 fully saturated rings. The molecule has 0 saturated carbocycles. The maximum atomic E-state index is 6.17. The third-order valence-corrected chi connectivity index (χ3v) is 8.32. The quantitative estimate of drug-likeness (QED) is 0.151. The molecule has 0 saturated heterocycles. The highest BCUT2D eigenvalue weighted by molar-refractivity contribution is 6.56. The van der Waals surface area contributed by atoms with E-state index >= 15 is 0 Å². The highest BCUT2D eigenvalue weighted by Crippen LogP contribution is 2.50. The Morgan fingerprint density at radius 1 is 0.481 bits per heavy atom. The maximum Gasteiger partial charge on any atom is 0.229 e. The molecule has 0 aliphatic rings. The third kappa shape index (κ3) is 5.04. The van der Waals surface area contributed by atoms with Gasteiger partial charge in [-0.15, -0.1) is 0 Å². The van der Waals surface area contributed by atoms with Crippen LogP contribution in [0.3, 0.4) is 0 Å². The first-order valence-electron chi connectivity index (χ1n) is 6.88. The van der Waals surface area contributed by atoms with Gasteiger partial charge >= 0.3 is 0 Å². The van der Waals surface area contributed by atoms with Crippen molar-refractivity contribution in [1.29, 1.82) is 0 Å². The highest BCUT2D eigenvalue weighted by atomic mass is 35.5. The Hall–Kier alpha value is 1.47. The van der Waals surface area contributed by atoms with Gasteiger partial charge in [-0.1, -0.05) is 116 Å². The van der Waals surface area contributed by atoms with E-state index < -0.39 is 6.29 Å². The minimum absolute atomic E-state index is 0.00279. The van der Waals surface area contributed by atoms with Crippen LogP contribution in [0.4, 0.5) is 0 Å². The van der Waals surface area contributed by atoms with Gasteiger partial charge in [-0.2, -0.15) is 0 Å². The SMILES string of the molecule is [AlH2][CH2]C(Oc1c(Cl)c(Cl)c(Cl)c(Cl)c1Cl)Oc1c(Cl)c(Cl)c(Cl)c(Cl)c1Cl. The molecule has 13 heteroatoms. The smallest absolute Gasteiger partial charge is 0.229 e. The second-order valence-corrected chi connectivity index (χ2v) is 9.47. The van der Waals surface area contributed by atoms with Crippen LogP contribution in [0.25, 0.3) is 0 Å². The minimum Gasteiger partial charge on any atom is -0.453 e. The first-order valence-corrected chi connectivity index (χ1v) is 12.1. The average molecular weight is 587 g/mol. The lowest BCUT2D eigenvalue weighted by molar-refractivity contribution is 0.0232. The third-order valence-electron chi connectivity index (χ3n) is 3.17. The average Bonchev–Trinajstić information content (AvgIpc) is 2.66. The zero-order valence-corrected chi connectivity index (χ0v) is 22.4. The summed E-state index contributed by atoms with van der Waals surface area (Å²) in [6.45, 7) is 0. The number of benzene rings is 2. The van der Waals surface area contributed by atoms with Gasteiger partial charge < -0.3 is 9.47 Å². The molecule has 0 N–H and O–H groups in total. The fourth-order valence-corrected chi connectivity index (χ4v) is 4.58. The van der Waals surface area contributed by atoms with Crippen LogP contribution < -0.4 is 9.47 Å². The molecule has 0 radical (unpaired) electrons. The molecule has 2 aromatic carbocycles. The Morgan fingerprint density at radius 2 is 0.704 bits per heavy atom. The summed E-state index contributed by atoms with van der Waals surface area (Å²) in [7, 11) is 0. The molecule has 0 aliphatic carbocycles. The molecule has 0 unspecified atom stereocenters. The normalized spacial score (nSPS) is 11.2. The van der Waals surface area contributed by atoms with Gasteiger partial charge in [0.2, 0.25) is 22.6 Å². The predicted molar refractivity (Wildman–Crippen MR) is 121 cm³/mol. The van der Waals surface area contributed by atoms with Crippen LogP contribution in [-0.4, -0.2) is 22.6 Å². The zero-order chi connectivity index (χ0) is 20.6. The molecule has 0 aromatic heterocycles. The lowest BCUT2D eigenvalue weighted by atomic mass is 10.3. The fourth-order valence-electron chi connectivity index (χ4n) is 1.83. The summed E-state index contributed by atoms with van der Waals surface area (Å²) in [6.07, 6.45) is -0.900. The molecule has 0 atom stereocenters. The number of ether oxygens (including phenoxy) is 2. The highest BCUT2D eigenvalue weighted by Gasteiger charge is 2.26. The van der Waals surface area contributed by atoms with E-state index in [9.17, 15) is 0 Å². The number of hydrogen-bond acceptors (Lipinski definition) is 2. The predicted octanol–water partition coefficient (Wildman–Crippen LogP) is 9.06. The fraction of sp³-hybridized carbons (Fsp3) is 0.143. The largest absolute Gasteiger partial charge is 0.453 e. The van der Waals surface area contributed by atoms with Crippen LogP contribution >= 0.6 is 116 Å². The second kappa shape index (κ2) is 10.2. The Labute approximate surface area is 213 Å². The van der Waals surface area contributed by atoms with E-state index in [0.29, 0.717) is 21.6 Å². The van der Waals surface area contributed by atoms with Crippen molar-refractivity contribution in [2.24, 2.45) is 0 Å². The lowest BCUT2D eigenvalue weighted by Crippen LogP contribution is -2.24. The summed E-state index contributed by atoms with van der Waals surface area (Å²) < 4.78 is 11.5. The van der Waals surface area contributed by atoms with Crippen molar-refractivity contribution in [3.05, 3.63) is 50.2 Å². The standard InChI is InChI=1S/C14H3Cl10O2.Al.2H/c1-2(25-13-9(21)5(17)3(15)6(18)10(13)22)26-14-11(23)7(19)4(16)8(20)12(14)24;;;/h2H,1H2;;;. The van der Waals surface area contributed by atoms with Gasteiger partial charge in [0, 0.05) is 0 Å². The number of halogens is 10. The van der Waals surface area contributed by atoms with Crippen LogP contribution in [0.5, 0.6) is 11.5 Å². The van der Waals surface area contributed by atoms with Crippen LogP contribution in [0.15, 0.2) is 0 Å². The van der Waals surface area contributed by atoms with Crippen molar-refractivity contribution >= 4 is 132 Å². The molecular formula is C14H5AlCl10O2. The molecule has 0 spiro atoms. The Morgan fingerprint density at radius 3 is 0.926 bits per heavy atom. The molecule has 0 bridgehead atoms. The molecule has 0 heterocycles. The van der Waals surface area contributed by atoms with Crippen molar-refractivity contribution in [2.45, 2.75) is 11.6 Å². The van der Waals surface area contributed by atoms with E-state index in [2.05, 4.69) is 0 Å². The lowest BCUT2D eigenvalue weighted by Gasteiger charge is -2.23. The van der Waals surface area contributed by atoms with Crippen molar-refractivity contribution in [3.63, 3.8) is 0 Å². The van der Waals surface area contributed by atoms with Gasteiger partial charge in [0.25, 0.3) is 0 Å². The molecular weight excluding hydrogens is 582 g/mol. The van der Waals surface area contributed by atoms with Crippen LogP contribution in [-0.2, 0) is 0 Å². The summed E-state index contributed by atoms with van der Waals surface area (Å²) in [5.41, 5.74) is 0. The summed E-state index contributed by atoms with van der Waals surface area (Å²) in [5, 5.41) is 0.327. The van der Waals surface area contributed by atoms with E-state index in [1.54, 1.807) is 0 Å². The van der Waals surface area contributed by atoms with E-state index in [1.165, 1.54) is 0 Å². The van der Waals surface area contributed by atoms with Crippen LogP contribution in [0, 0.1) is 0 Å². The van der Waals surface area contributed by atoms with E-state index in [1.807, 2.05) is 0 Å². The first-order chi connectivity index (χ1) is 12.5. The molecule has 2 nitrogen and oxygen atoms in total. The van der Waals surface area contributed by atoms with Crippen molar-refractivity contribution in [2.75, 3.05) is 0 Å². The summed E-state index contributed by atoms with van der Waals surface area (Å²) in [4.78, 5) is 0. The summed E-state index contributed by atoms with van der Waals surface area (Å²) in [5.74, 6) is -0.00558. The van der Waals surface area contributed by atoms with Crippen molar-refractivity contribution < 1.29 is 9.47 Å². The van der Waals surface area contributed by atoms with Gasteiger partial charge in [-0.25, -0.2) is 0 Å². The Bertz CT molecular complexity index is 775. The Kier molecular flexibility index (Phi) is 9.33.